The highest BCUT2D eigenvalue weighted by Gasteiger charge is 2.20. The minimum absolute atomic E-state index is 0.410. The van der Waals surface area contributed by atoms with E-state index >= 15 is 0 Å². The molecule has 6 heteroatoms. The van der Waals surface area contributed by atoms with Gasteiger partial charge in [0.2, 0.25) is 0 Å². The van der Waals surface area contributed by atoms with E-state index in [0.717, 1.165) is 56.3 Å². The van der Waals surface area contributed by atoms with Gasteiger partial charge in [0, 0.05) is 68.9 Å². The molecule has 0 unspecified atom stereocenters. The Balaban J connectivity index is 1.43. The summed E-state index contributed by atoms with van der Waals surface area (Å²) < 4.78 is 1.97. The molecule has 0 aromatic carbocycles. The Morgan fingerprint density at radius 2 is 1.88 bits per heavy atom. The van der Waals surface area contributed by atoms with Gasteiger partial charge in [0.25, 0.3) is 0 Å². The van der Waals surface area contributed by atoms with Crippen molar-refractivity contribution in [1.82, 2.24) is 24.5 Å². The fourth-order valence-electron chi connectivity index (χ4n) is 3.46. The summed E-state index contributed by atoms with van der Waals surface area (Å²) >= 11 is 0. The molecule has 0 N–H and O–H groups in total. The average molecular weight is 350 g/mol. The predicted molar refractivity (Wildman–Crippen MR) is 104 cm³/mol. The van der Waals surface area contributed by atoms with Crippen LogP contribution in [0.3, 0.4) is 0 Å². The van der Waals surface area contributed by atoms with Gasteiger partial charge in [-0.1, -0.05) is 19.9 Å². The van der Waals surface area contributed by atoms with Crippen LogP contribution in [0.1, 0.15) is 31.2 Å². The Morgan fingerprint density at radius 3 is 2.62 bits per heavy atom. The molecular weight excluding hydrogens is 324 g/mol. The van der Waals surface area contributed by atoms with Crippen molar-refractivity contribution in [3.8, 4) is 0 Å². The van der Waals surface area contributed by atoms with Crippen LogP contribution in [-0.4, -0.2) is 57.2 Å². The zero-order valence-electron chi connectivity index (χ0n) is 15.5. The third-order valence-corrected chi connectivity index (χ3v) is 5.06. The molecule has 6 nitrogen and oxygen atoms in total. The van der Waals surface area contributed by atoms with Crippen LogP contribution in [0, 0.1) is 0 Å². The summed E-state index contributed by atoms with van der Waals surface area (Å²) in [5, 5.41) is 4.48. The zero-order valence-corrected chi connectivity index (χ0v) is 15.5. The molecule has 26 heavy (non-hydrogen) atoms. The van der Waals surface area contributed by atoms with E-state index in [4.69, 9.17) is 4.98 Å². The summed E-state index contributed by atoms with van der Waals surface area (Å²) in [5.74, 6) is 1.57. The molecule has 0 radical (unpaired) electrons. The van der Waals surface area contributed by atoms with Crippen molar-refractivity contribution >= 4 is 11.5 Å². The van der Waals surface area contributed by atoms with Crippen LogP contribution < -0.4 is 4.90 Å². The molecule has 0 saturated carbocycles. The minimum Gasteiger partial charge on any atom is -0.354 e. The summed E-state index contributed by atoms with van der Waals surface area (Å²) in [6, 6.07) is 10.3. The van der Waals surface area contributed by atoms with Crippen LogP contribution in [0.25, 0.3) is 5.65 Å². The number of anilines is 1. The highest BCUT2D eigenvalue weighted by Crippen LogP contribution is 2.22. The van der Waals surface area contributed by atoms with Crippen LogP contribution >= 0.6 is 0 Å². The molecular formula is C20H26N6. The first kappa shape index (κ1) is 17.0. The summed E-state index contributed by atoms with van der Waals surface area (Å²) in [5.41, 5.74) is 3.23. The summed E-state index contributed by atoms with van der Waals surface area (Å²) in [6.07, 6.45) is 4.72. The number of hydrogen-bond donors (Lipinski definition) is 0. The molecule has 4 rings (SSSR count). The third kappa shape index (κ3) is 3.55. The fraction of sp³-hybridized carbons (Fsp3) is 0.450. The first-order chi connectivity index (χ1) is 12.7. The quantitative estimate of drug-likeness (QED) is 0.708. The second-order valence-corrected chi connectivity index (χ2v) is 7.19. The van der Waals surface area contributed by atoms with Gasteiger partial charge < -0.3 is 4.90 Å². The van der Waals surface area contributed by atoms with Crippen LogP contribution in [0.4, 0.5) is 5.82 Å². The average Bonchev–Trinajstić information content (AvgIpc) is 3.15. The predicted octanol–water partition coefficient (Wildman–Crippen LogP) is 2.61. The van der Waals surface area contributed by atoms with E-state index in [-0.39, 0.29) is 0 Å². The van der Waals surface area contributed by atoms with Gasteiger partial charge in [0.05, 0.1) is 6.20 Å². The van der Waals surface area contributed by atoms with Crippen molar-refractivity contribution in [2.75, 3.05) is 37.6 Å². The second kappa shape index (κ2) is 7.41. The normalized spacial score (nSPS) is 15.9. The Bertz CT molecular complexity index is 849. The Kier molecular flexibility index (Phi) is 4.84. The maximum Gasteiger partial charge on any atom is 0.157 e. The largest absolute Gasteiger partial charge is 0.354 e. The van der Waals surface area contributed by atoms with Gasteiger partial charge in [-0.05, 0) is 18.1 Å². The van der Waals surface area contributed by atoms with Crippen LogP contribution in [-0.2, 0) is 6.42 Å². The van der Waals surface area contributed by atoms with Crippen LogP contribution in [0.5, 0.6) is 0 Å². The van der Waals surface area contributed by atoms with E-state index in [1.54, 1.807) is 0 Å². The summed E-state index contributed by atoms with van der Waals surface area (Å²) in [6.45, 7) is 9.60. The van der Waals surface area contributed by atoms with Crippen molar-refractivity contribution in [1.29, 1.82) is 0 Å². The molecule has 1 saturated heterocycles. The van der Waals surface area contributed by atoms with Gasteiger partial charge in [0.1, 0.15) is 5.82 Å². The second-order valence-electron chi connectivity index (χ2n) is 7.19. The smallest absolute Gasteiger partial charge is 0.157 e. The standard InChI is InChI=1S/C20H26N6/c1-16(2)18-15-20(26-19(23-18)6-9-22-26)25-13-11-24(12-14-25)10-7-17-5-3-4-8-21-17/h3-6,8-9,15-16H,7,10-14H2,1-2H3. The highest BCUT2D eigenvalue weighted by atomic mass is 15.4. The van der Waals surface area contributed by atoms with Gasteiger partial charge in [-0.15, -0.1) is 0 Å². The molecule has 0 atom stereocenters. The van der Waals surface area contributed by atoms with Gasteiger partial charge in [-0.3, -0.25) is 9.88 Å². The molecule has 1 aliphatic rings. The summed E-state index contributed by atoms with van der Waals surface area (Å²) in [4.78, 5) is 14.1. The molecule has 0 spiro atoms. The van der Waals surface area contributed by atoms with E-state index in [2.05, 4.69) is 51.9 Å². The van der Waals surface area contributed by atoms with Crippen LogP contribution in [0.15, 0.2) is 42.7 Å². The lowest BCUT2D eigenvalue weighted by molar-refractivity contribution is 0.259. The molecule has 0 bridgehead atoms. The van der Waals surface area contributed by atoms with Crippen molar-refractivity contribution in [3.05, 3.63) is 54.1 Å². The van der Waals surface area contributed by atoms with E-state index in [1.807, 2.05) is 29.0 Å². The topological polar surface area (TPSA) is 49.6 Å². The third-order valence-electron chi connectivity index (χ3n) is 5.06. The van der Waals surface area contributed by atoms with Gasteiger partial charge in [-0.25, -0.2) is 4.98 Å². The Labute approximate surface area is 154 Å². The Hall–Kier alpha value is -2.47. The molecule has 0 amide bonds. The lowest BCUT2D eigenvalue weighted by Gasteiger charge is -2.36. The summed E-state index contributed by atoms with van der Waals surface area (Å²) in [7, 11) is 0. The number of piperazine rings is 1. The number of nitrogens with zero attached hydrogens (tertiary/aromatic N) is 6. The maximum absolute atomic E-state index is 4.72. The first-order valence-corrected chi connectivity index (χ1v) is 9.42. The fourth-order valence-corrected chi connectivity index (χ4v) is 3.46. The van der Waals surface area contributed by atoms with E-state index in [0.29, 0.717) is 5.92 Å². The number of aromatic nitrogens is 4. The minimum atomic E-state index is 0.410. The maximum atomic E-state index is 4.72. The van der Waals surface area contributed by atoms with Gasteiger partial charge in [-0.2, -0.15) is 9.61 Å². The molecule has 4 heterocycles. The lowest BCUT2D eigenvalue weighted by atomic mass is 10.1. The van der Waals surface area contributed by atoms with Crippen molar-refractivity contribution in [3.63, 3.8) is 0 Å². The highest BCUT2D eigenvalue weighted by molar-refractivity contribution is 5.51. The molecule has 1 aliphatic heterocycles. The first-order valence-electron chi connectivity index (χ1n) is 9.42. The molecule has 0 aliphatic carbocycles. The number of pyridine rings is 1. The van der Waals surface area contributed by atoms with Gasteiger partial charge >= 0.3 is 0 Å². The molecule has 136 valence electrons. The monoisotopic (exact) mass is 350 g/mol. The van der Waals surface area contributed by atoms with E-state index in [9.17, 15) is 0 Å². The SMILES string of the molecule is CC(C)c1cc(N2CCN(CCc3ccccn3)CC2)n2nccc2n1. The number of hydrogen-bond acceptors (Lipinski definition) is 5. The number of fused-ring (bicyclic) bond motifs is 1. The molecule has 1 fully saturated rings. The van der Waals surface area contributed by atoms with E-state index < -0.39 is 0 Å². The van der Waals surface area contributed by atoms with Crippen molar-refractivity contribution in [2.45, 2.75) is 26.2 Å². The lowest BCUT2D eigenvalue weighted by Crippen LogP contribution is -2.47. The van der Waals surface area contributed by atoms with Gasteiger partial charge in [0.15, 0.2) is 5.65 Å². The number of rotatable bonds is 5. The van der Waals surface area contributed by atoms with Crippen molar-refractivity contribution in [2.24, 2.45) is 0 Å². The Morgan fingerprint density at radius 1 is 1.04 bits per heavy atom. The van der Waals surface area contributed by atoms with Crippen LogP contribution in [0.2, 0.25) is 0 Å². The van der Waals surface area contributed by atoms with E-state index in [1.165, 1.54) is 5.69 Å². The molecule has 3 aromatic rings. The van der Waals surface area contributed by atoms with Crippen molar-refractivity contribution < 1.29 is 0 Å². The zero-order chi connectivity index (χ0) is 17.9. The molecule has 3 aromatic heterocycles.